The molecule has 1 heterocycles. The highest BCUT2D eigenvalue weighted by atomic mass is 14.8. The number of pyridine rings is 1. The summed E-state index contributed by atoms with van der Waals surface area (Å²) in [7, 11) is 0. The Kier molecular flexibility index (Phi) is 2.74. The molecule has 1 aliphatic carbocycles. The molecular weight excluding hydrogens is 302 g/mol. The summed E-state index contributed by atoms with van der Waals surface area (Å²) in [5.74, 6) is 0. The number of hydrogen-bond donors (Lipinski definition) is 0. The molecule has 0 atom stereocenters. The van der Waals surface area contributed by atoms with Gasteiger partial charge < -0.3 is 0 Å². The van der Waals surface area contributed by atoms with Crippen molar-refractivity contribution in [1.82, 2.24) is 4.98 Å². The Labute approximate surface area is 148 Å². The summed E-state index contributed by atoms with van der Waals surface area (Å²) in [6, 6.07) is 20.0. The SMILES string of the molecule is CC1(C)CC(C)(C)c2nc3c(ccc4cc5ccccc5cc43)cc21. The fraction of sp³-hybridized carbons (Fsp3) is 0.292. The maximum atomic E-state index is 5.24. The van der Waals surface area contributed by atoms with Crippen LogP contribution in [0.15, 0.2) is 54.6 Å². The van der Waals surface area contributed by atoms with Gasteiger partial charge in [-0.2, -0.15) is 0 Å². The second-order valence-electron chi connectivity index (χ2n) is 8.89. The first-order valence-electron chi connectivity index (χ1n) is 9.12. The summed E-state index contributed by atoms with van der Waals surface area (Å²) in [4.78, 5) is 5.24. The maximum absolute atomic E-state index is 5.24. The van der Waals surface area contributed by atoms with E-state index in [-0.39, 0.29) is 10.8 Å². The Hall–Kier alpha value is -2.41. The minimum Gasteiger partial charge on any atom is -0.251 e. The van der Waals surface area contributed by atoms with Gasteiger partial charge in [-0.05, 0) is 51.8 Å². The topological polar surface area (TPSA) is 12.9 Å². The van der Waals surface area contributed by atoms with Crippen LogP contribution in [0.5, 0.6) is 0 Å². The molecule has 0 saturated heterocycles. The van der Waals surface area contributed by atoms with Gasteiger partial charge in [0.15, 0.2) is 0 Å². The van der Waals surface area contributed by atoms with Gasteiger partial charge in [-0.25, -0.2) is 0 Å². The minimum atomic E-state index is 0.131. The van der Waals surface area contributed by atoms with E-state index in [1.165, 1.54) is 38.2 Å². The van der Waals surface area contributed by atoms with Crippen LogP contribution in [0.1, 0.15) is 45.4 Å². The Morgan fingerprint density at radius 3 is 2.16 bits per heavy atom. The molecule has 0 radical (unpaired) electrons. The molecule has 0 fully saturated rings. The highest BCUT2D eigenvalue weighted by Crippen LogP contribution is 2.49. The minimum absolute atomic E-state index is 0.131. The molecule has 3 aromatic carbocycles. The predicted octanol–water partition coefficient (Wildman–Crippen LogP) is 6.50. The second kappa shape index (κ2) is 4.60. The maximum Gasteiger partial charge on any atom is 0.0784 e. The average molecular weight is 325 g/mol. The van der Waals surface area contributed by atoms with Gasteiger partial charge in [-0.3, -0.25) is 4.98 Å². The summed E-state index contributed by atoms with van der Waals surface area (Å²) < 4.78 is 0. The number of aromatic nitrogens is 1. The van der Waals surface area contributed by atoms with Crippen LogP contribution in [-0.4, -0.2) is 4.98 Å². The number of fused-ring (bicyclic) bond motifs is 5. The zero-order chi connectivity index (χ0) is 17.4. The van der Waals surface area contributed by atoms with E-state index in [0.29, 0.717) is 0 Å². The van der Waals surface area contributed by atoms with Crippen LogP contribution >= 0.6 is 0 Å². The van der Waals surface area contributed by atoms with E-state index < -0.39 is 0 Å². The first-order chi connectivity index (χ1) is 11.9. The van der Waals surface area contributed by atoms with E-state index in [2.05, 4.69) is 82.3 Å². The largest absolute Gasteiger partial charge is 0.251 e. The van der Waals surface area contributed by atoms with Crippen molar-refractivity contribution in [2.24, 2.45) is 0 Å². The van der Waals surface area contributed by atoms with Crippen LogP contribution in [0.25, 0.3) is 32.4 Å². The van der Waals surface area contributed by atoms with E-state index in [1.807, 2.05) is 0 Å². The second-order valence-corrected chi connectivity index (χ2v) is 8.89. The van der Waals surface area contributed by atoms with E-state index in [9.17, 15) is 0 Å². The zero-order valence-electron chi connectivity index (χ0n) is 15.4. The van der Waals surface area contributed by atoms with Crippen molar-refractivity contribution in [2.45, 2.75) is 44.9 Å². The zero-order valence-corrected chi connectivity index (χ0v) is 15.4. The normalized spacial score (nSPS) is 18.1. The summed E-state index contributed by atoms with van der Waals surface area (Å²) in [6.07, 6.45) is 1.15. The van der Waals surface area contributed by atoms with Crippen LogP contribution in [0.4, 0.5) is 0 Å². The molecule has 25 heavy (non-hydrogen) atoms. The van der Waals surface area contributed by atoms with Crippen molar-refractivity contribution < 1.29 is 0 Å². The Bertz CT molecular complexity index is 1160. The molecule has 0 bridgehead atoms. The third-order valence-corrected chi connectivity index (χ3v) is 5.92. The quantitative estimate of drug-likeness (QED) is 0.265. The van der Waals surface area contributed by atoms with Crippen molar-refractivity contribution in [1.29, 1.82) is 0 Å². The van der Waals surface area contributed by atoms with E-state index in [1.54, 1.807) is 0 Å². The molecule has 0 N–H and O–H groups in total. The summed E-state index contributed by atoms with van der Waals surface area (Å²) in [5.41, 5.74) is 4.17. The van der Waals surface area contributed by atoms with Crippen LogP contribution in [0.3, 0.4) is 0 Å². The molecule has 124 valence electrons. The molecule has 1 nitrogen and oxygen atoms in total. The van der Waals surface area contributed by atoms with Gasteiger partial charge in [0.1, 0.15) is 0 Å². The molecule has 5 rings (SSSR count). The smallest absolute Gasteiger partial charge is 0.0784 e. The molecule has 1 aliphatic rings. The van der Waals surface area contributed by atoms with Crippen molar-refractivity contribution in [2.75, 3.05) is 0 Å². The van der Waals surface area contributed by atoms with E-state index >= 15 is 0 Å². The monoisotopic (exact) mass is 325 g/mol. The van der Waals surface area contributed by atoms with Crippen molar-refractivity contribution in [3.63, 3.8) is 0 Å². The Balaban J connectivity index is 1.92. The highest BCUT2D eigenvalue weighted by molar-refractivity contribution is 6.10. The van der Waals surface area contributed by atoms with Gasteiger partial charge in [0.25, 0.3) is 0 Å². The third kappa shape index (κ3) is 2.05. The third-order valence-electron chi connectivity index (χ3n) is 5.92. The van der Waals surface area contributed by atoms with Gasteiger partial charge in [0, 0.05) is 16.2 Å². The standard InChI is InChI=1S/C24H23N/c1-23(2)14-24(3,4)22-20(23)13-18-10-9-17-11-15-7-5-6-8-16(15)12-19(17)21(18)25-22/h5-13H,14H2,1-4H3. The number of rotatable bonds is 0. The lowest BCUT2D eigenvalue weighted by molar-refractivity contribution is 0.400. The van der Waals surface area contributed by atoms with Crippen LogP contribution < -0.4 is 0 Å². The lowest BCUT2D eigenvalue weighted by atomic mass is 9.82. The molecule has 0 aliphatic heterocycles. The molecular formula is C24H23N. The van der Waals surface area contributed by atoms with Gasteiger partial charge in [0.05, 0.1) is 11.2 Å². The number of hydrogen-bond acceptors (Lipinski definition) is 1. The van der Waals surface area contributed by atoms with E-state index in [4.69, 9.17) is 4.98 Å². The van der Waals surface area contributed by atoms with Crippen LogP contribution in [-0.2, 0) is 10.8 Å². The van der Waals surface area contributed by atoms with Crippen LogP contribution in [0, 0.1) is 0 Å². The van der Waals surface area contributed by atoms with Gasteiger partial charge in [-0.1, -0.05) is 64.1 Å². The number of nitrogens with zero attached hydrogens (tertiary/aromatic N) is 1. The van der Waals surface area contributed by atoms with Crippen molar-refractivity contribution in [3.05, 3.63) is 65.9 Å². The molecule has 0 amide bonds. The Morgan fingerprint density at radius 2 is 1.40 bits per heavy atom. The Morgan fingerprint density at radius 1 is 0.720 bits per heavy atom. The first kappa shape index (κ1) is 14.9. The predicted molar refractivity (Wildman–Crippen MR) is 107 cm³/mol. The summed E-state index contributed by atoms with van der Waals surface area (Å²) in [5, 5.41) is 6.36. The van der Waals surface area contributed by atoms with Crippen molar-refractivity contribution in [3.8, 4) is 0 Å². The molecule has 1 aromatic heterocycles. The fourth-order valence-corrected chi connectivity index (χ4v) is 4.97. The number of benzene rings is 3. The highest BCUT2D eigenvalue weighted by Gasteiger charge is 2.43. The van der Waals surface area contributed by atoms with Gasteiger partial charge in [0.2, 0.25) is 0 Å². The molecule has 4 aromatic rings. The lowest BCUT2D eigenvalue weighted by Gasteiger charge is -2.21. The molecule has 0 spiro atoms. The fourth-order valence-electron chi connectivity index (χ4n) is 4.97. The first-order valence-corrected chi connectivity index (χ1v) is 9.12. The summed E-state index contributed by atoms with van der Waals surface area (Å²) in [6.45, 7) is 9.37. The molecule has 0 unspecified atom stereocenters. The van der Waals surface area contributed by atoms with E-state index in [0.717, 1.165) is 11.9 Å². The van der Waals surface area contributed by atoms with Gasteiger partial charge in [-0.15, -0.1) is 0 Å². The van der Waals surface area contributed by atoms with Gasteiger partial charge >= 0.3 is 0 Å². The molecule has 0 saturated carbocycles. The van der Waals surface area contributed by atoms with Crippen molar-refractivity contribution >= 4 is 32.4 Å². The average Bonchev–Trinajstić information content (AvgIpc) is 2.75. The molecule has 1 heteroatoms. The lowest BCUT2D eigenvalue weighted by Crippen LogP contribution is -2.18. The van der Waals surface area contributed by atoms with Crippen LogP contribution in [0.2, 0.25) is 0 Å². The summed E-state index contributed by atoms with van der Waals surface area (Å²) >= 11 is 0.